The van der Waals surface area contributed by atoms with Crippen LogP contribution in [0.3, 0.4) is 0 Å². The number of amides is 2. The number of rotatable bonds is 3. The lowest BCUT2D eigenvalue weighted by molar-refractivity contribution is 0.247. The van der Waals surface area contributed by atoms with E-state index in [1.54, 1.807) is 5.51 Å². The molecule has 2 N–H and O–H groups in total. The van der Waals surface area contributed by atoms with Crippen molar-refractivity contribution in [2.24, 2.45) is 0 Å². The highest BCUT2D eigenvalue weighted by molar-refractivity contribution is 7.13. The van der Waals surface area contributed by atoms with Crippen molar-refractivity contribution in [2.75, 3.05) is 5.32 Å². The van der Waals surface area contributed by atoms with Crippen molar-refractivity contribution in [3.8, 4) is 0 Å². The highest BCUT2D eigenvalue weighted by Crippen LogP contribution is 2.16. The van der Waals surface area contributed by atoms with Crippen molar-refractivity contribution in [3.05, 3.63) is 29.2 Å². The molecule has 2 aromatic heterocycles. The summed E-state index contributed by atoms with van der Waals surface area (Å²) < 4.78 is 5.41. The predicted octanol–water partition coefficient (Wildman–Crippen LogP) is 2.32. The van der Waals surface area contributed by atoms with E-state index in [0.29, 0.717) is 5.13 Å². The van der Waals surface area contributed by atoms with E-state index in [-0.39, 0.29) is 12.1 Å². The van der Waals surface area contributed by atoms with Gasteiger partial charge >= 0.3 is 6.03 Å². The first-order valence-corrected chi connectivity index (χ1v) is 5.93. The van der Waals surface area contributed by atoms with Crippen LogP contribution in [0.1, 0.15) is 24.5 Å². The number of carbonyl (C=O) groups excluding carboxylic acids is 1. The number of nitrogens with zero attached hydrogens (tertiary/aromatic N) is 2. The van der Waals surface area contributed by atoms with Gasteiger partial charge in [-0.25, -0.2) is 4.79 Å². The van der Waals surface area contributed by atoms with Crippen molar-refractivity contribution in [3.63, 3.8) is 0 Å². The number of anilines is 1. The molecule has 2 aromatic rings. The first-order valence-electron chi connectivity index (χ1n) is 5.05. The van der Waals surface area contributed by atoms with Crippen LogP contribution < -0.4 is 10.6 Å². The van der Waals surface area contributed by atoms with Gasteiger partial charge in [0.05, 0.1) is 6.04 Å². The van der Waals surface area contributed by atoms with Gasteiger partial charge in [-0.3, -0.25) is 5.32 Å². The molecule has 1 unspecified atom stereocenters. The maximum Gasteiger partial charge on any atom is 0.321 e. The van der Waals surface area contributed by atoms with E-state index in [0.717, 1.165) is 11.5 Å². The third-order valence-corrected chi connectivity index (χ3v) is 2.72. The Morgan fingerprint density at radius 3 is 2.94 bits per heavy atom. The molecule has 2 heterocycles. The Morgan fingerprint density at radius 1 is 1.53 bits per heavy atom. The number of hydrogen-bond donors (Lipinski definition) is 2. The Hall–Kier alpha value is -1.89. The number of aromatic nitrogens is 2. The maximum atomic E-state index is 11.6. The van der Waals surface area contributed by atoms with Crippen LogP contribution >= 0.6 is 11.3 Å². The zero-order chi connectivity index (χ0) is 12.3. The van der Waals surface area contributed by atoms with Crippen molar-refractivity contribution in [1.82, 2.24) is 15.5 Å². The number of hydrogen-bond acceptors (Lipinski definition) is 5. The van der Waals surface area contributed by atoms with Gasteiger partial charge < -0.3 is 9.73 Å². The summed E-state index contributed by atoms with van der Waals surface area (Å²) in [6, 6.07) is 3.17. The summed E-state index contributed by atoms with van der Waals surface area (Å²) in [4.78, 5) is 11.6. The predicted molar refractivity (Wildman–Crippen MR) is 63.9 cm³/mol. The second-order valence-corrected chi connectivity index (χ2v) is 4.35. The zero-order valence-electron chi connectivity index (χ0n) is 9.43. The fraction of sp³-hybridized carbons (Fsp3) is 0.300. The molecule has 0 aliphatic heterocycles. The average molecular weight is 252 g/mol. The van der Waals surface area contributed by atoms with Gasteiger partial charge in [-0.05, 0) is 26.0 Å². The molecule has 2 rings (SSSR count). The minimum atomic E-state index is -0.330. The molecule has 0 aromatic carbocycles. The number of furan rings is 1. The molecule has 17 heavy (non-hydrogen) atoms. The number of carbonyl (C=O) groups is 1. The number of urea groups is 1. The molecule has 0 bridgehead atoms. The largest absolute Gasteiger partial charge is 0.464 e. The summed E-state index contributed by atoms with van der Waals surface area (Å²) in [7, 11) is 0. The molecule has 0 saturated heterocycles. The van der Waals surface area contributed by atoms with Crippen LogP contribution in [0.2, 0.25) is 0 Å². The monoisotopic (exact) mass is 252 g/mol. The molecule has 0 fully saturated rings. The fourth-order valence-corrected chi connectivity index (χ4v) is 1.75. The molecule has 90 valence electrons. The molecule has 0 aliphatic rings. The van der Waals surface area contributed by atoms with E-state index in [9.17, 15) is 4.79 Å². The summed E-state index contributed by atoms with van der Waals surface area (Å²) in [5, 5.41) is 13.1. The zero-order valence-corrected chi connectivity index (χ0v) is 10.2. The molecule has 0 radical (unpaired) electrons. The van der Waals surface area contributed by atoms with Gasteiger partial charge in [0, 0.05) is 0 Å². The van der Waals surface area contributed by atoms with Crippen molar-refractivity contribution < 1.29 is 9.21 Å². The summed E-state index contributed by atoms with van der Waals surface area (Å²) >= 11 is 1.26. The topological polar surface area (TPSA) is 80.0 Å². The lowest BCUT2D eigenvalue weighted by Gasteiger charge is -2.10. The van der Waals surface area contributed by atoms with Crippen LogP contribution in [0.25, 0.3) is 0 Å². The quantitative estimate of drug-likeness (QED) is 0.878. The molecular formula is C10H12N4O2S. The van der Waals surface area contributed by atoms with Gasteiger partial charge in [0.2, 0.25) is 5.13 Å². The molecule has 1 atom stereocenters. The first kappa shape index (κ1) is 11.6. The molecule has 0 aliphatic carbocycles. The summed E-state index contributed by atoms with van der Waals surface area (Å²) in [6.07, 6.45) is 0. The molecular weight excluding hydrogens is 240 g/mol. The van der Waals surface area contributed by atoms with Crippen LogP contribution in [0.15, 0.2) is 22.1 Å². The Balaban J connectivity index is 1.90. The Kier molecular flexibility index (Phi) is 3.38. The molecule has 0 spiro atoms. The van der Waals surface area contributed by atoms with E-state index >= 15 is 0 Å². The summed E-state index contributed by atoms with van der Waals surface area (Å²) in [5.74, 6) is 1.54. The molecule has 6 nitrogen and oxygen atoms in total. The lowest BCUT2D eigenvalue weighted by Crippen LogP contribution is -2.30. The maximum absolute atomic E-state index is 11.6. The van der Waals surface area contributed by atoms with Gasteiger partial charge in [0.25, 0.3) is 0 Å². The van der Waals surface area contributed by atoms with Gasteiger partial charge in [0.1, 0.15) is 17.0 Å². The van der Waals surface area contributed by atoms with E-state index in [1.165, 1.54) is 11.3 Å². The van der Waals surface area contributed by atoms with Crippen molar-refractivity contribution in [2.45, 2.75) is 19.9 Å². The average Bonchev–Trinajstić information content (AvgIpc) is 2.89. The summed E-state index contributed by atoms with van der Waals surface area (Å²) in [5.41, 5.74) is 1.55. The smallest absolute Gasteiger partial charge is 0.321 e. The third-order valence-electron chi connectivity index (χ3n) is 2.12. The minimum Gasteiger partial charge on any atom is -0.464 e. The summed E-state index contributed by atoms with van der Waals surface area (Å²) in [6.45, 7) is 3.70. The fourth-order valence-electron chi connectivity index (χ4n) is 1.31. The first-order chi connectivity index (χ1) is 8.15. The lowest BCUT2D eigenvalue weighted by atomic mass is 10.2. The second-order valence-electron chi connectivity index (χ2n) is 3.51. The van der Waals surface area contributed by atoms with Gasteiger partial charge in [0.15, 0.2) is 0 Å². The molecule has 2 amide bonds. The molecule has 7 heteroatoms. The van der Waals surface area contributed by atoms with E-state index in [4.69, 9.17) is 4.42 Å². The van der Waals surface area contributed by atoms with Crippen molar-refractivity contribution in [1.29, 1.82) is 0 Å². The normalized spacial score (nSPS) is 12.1. The third kappa shape index (κ3) is 3.04. The number of nitrogens with one attached hydrogen (secondary N) is 2. The van der Waals surface area contributed by atoms with Crippen LogP contribution in [0.4, 0.5) is 9.93 Å². The van der Waals surface area contributed by atoms with Crippen molar-refractivity contribution >= 4 is 22.5 Å². The van der Waals surface area contributed by atoms with Gasteiger partial charge in [-0.1, -0.05) is 11.3 Å². The van der Waals surface area contributed by atoms with Gasteiger partial charge in [-0.2, -0.15) is 0 Å². The Labute approximate surface area is 102 Å². The van der Waals surface area contributed by atoms with Crippen LogP contribution in [0, 0.1) is 6.92 Å². The van der Waals surface area contributed by atoms with Crippen LogP contribution in [-0.2, 0) is 0 Å². The molecule has 0 saturated carbocycles. The highest BCUT2D eigenvalue weighted by Gasteiger charge is 2.13. The SMILES string of the molecule is Cc1ccc(C(C)NC(=O)Nc2nncs2)o1. The van der Waals surface area contributed by atoms with E-state index in [1.807, 2.05) is 26.0 Å². The Morgan fingerprint density at radius 2 is 2.35 bits per heavy atom. The highest BCUT2D eigenvalue weighted by atomic mass is 32.1. The Bertz CT molecular complexity index is 494. The second kappa shape index (κ2) is 4.96. The van der Waals surface area contributed by atoms with Gasteiger partial charge in [-0.15, -0.1) is 10.2 Å². The van der Waals surface area contributed by atoms with Crippen LogP contribution in [-0.4, -0.2) is 16.2 Å². The van der Waals surface area contributed by atoms with Crippen LogP contribution in [0.5, 0.6) is 0 Å². The number of aryl methyl sites for hydroxylation is 1. The van der Waals surface area contributed by atoms with E-state index in [2.05, 4.69) is 20.8 Å². The standard InChI is InChI=1S/C10H12N4O2S/c1-6-3-4-8(16-6)7(2)12-9(15)13-10-14-11-5-17-10/h3-5,7H,1-2H3,(H2,12,13,14,15). The minimum absolute atomic E-state index is 0.198. The van der Waals surface area contributed by atoms with E-state index < -0.39 is 0 Å².